The number of nitrogens with zero attached hydrogens (tertiary/aromatic N) is 1. The lowest BCUT2D eigenvalue weighted by Crippen LogP contribution is -2.73. The van der Waals surface area contributed by atoms with Gasteiger partial charge in [-0.25, -0.2) is 0 Å². The molecule has 4 nitrogen and oxygen atoms in total. The first kappa shape index (κ1) is 14.4. The summed E-state index contributed by atoms with van der Waals surface area (Å²) in [5, 5.41) is 2.96. The molecule has 4 heteroatoms. The lowest BCUT2D eigenvalue weighted by atomic mass is 9.83. The minimum atomic E-state index is -0.699. The second kappa shape index (κ2) is 4.50. The molecule has 1 aliphatic carbocycles. The molecule has 2 amide bonds. The average Bonchev–Trinajstić information content (AvgIpc) is 3.18. The van der Waals surface area contributed by atoms with E-state index in [0.29, 0.717) is 18.8 Å². The second-order valence-electron chi connectivity index (χ2n) is 6.56. The fraction of sp³-hybridized carbons (Fsp3) is 0.867. The molecule has 0 aromatic rings. The quantitative estimate of drug-likeness (QED) is 0.847. The Labute approximate surface area is 115 Å². The Balaban J connectivity index is 2.39. The van der Waals surface area contributed by atoms with Crippen LogP contribution in [0.5, 0.6) is 0 Å². The lowest BCUT2D eigenvalue weighted by molar-refractivity contribution is -0.162. The minimum Gasteiger partial charge on any atom is -0.340 e. The van der Waals surface area contributed by atoms with Gasteiger partial charge in [0.05, 0.1) is 0 Å². The lowest BCUT2D eigenvalue weighted by Gasteiger charge is -2.51. The molecule has 108 valence electrons. The highest BCUT2D eigenvalue weighted by atomic mass is 16.2. The van der Waals surface area contributed by atoms with Crippen molar-refractivity contribution in [3.05, 3.63) is 0 Å². The van der Waals surface area contributed by atoms with Crippen LogP contribution in [0.15, 0.2) is 0 Å². The van der Waals surface area contributed by atoms with E-state index in [4.69, 9.17) is 0 Å². The van der Waals surface area contributed by atoms with Crippen molar-refractivity contribution in [3.63, 3.8) is 0 Å². The summed E-state index contributed by atoms with van der Waals surface area (Å²) in [4.78, 5) is 27.1. The zero-order valence-electron chi connectivity index (χ0n) is 12.7. The molecule has 2 fully saturated rings. The Morgan fingerprint density at radius 1 is 1.26 bits per heavy atom. The number of carbonyl (C=O) groups excluding carboxylic acids is 2. The van der Waals surface area contributed by atoms with E-state index < -0.39 is 5.54 Å². The molecule has 1 atom stereocenters. The van der Waals surface area contributed by atoms with Gasteiger partial charge in [-0.3, -0.25) is 9.59 Å². The van der Waals surface area contributed by atoms with Crippen molar-refractivity contribution < 1.29 is 9.59 Å². The third-order valence-electron chi connectivity index (χ3n) is 5.16. The van der Waals surface area contributed by atoms with Crippen molar-refractivity contribution in [2.45, 2.75) is 77.4 Å². The van der Waals surface area contributed by atoms with Gasteiger partial charge < -0.3 is 10.2 Å². The molecule has 0 radical (unpaired) electrons. The first-order valence-corrected chi connectivity index (χ1v) is 7.46. The minimum absolute atomic E-state index is 0.0166. The molecule has 0 aromatic heterocycles. The maximum atomic E-state index is 13.0. The first-order valence-electron chi connectivity index (χ1n) is 7.46. The molecule has 0 spiro atoms. The van der Waals surface area contributed by atoms with Crippen molar-refractivity contribution in [3.8, 4) is 0 Å². The van der Waals surface area contributed by atoms with Crippen LogP contribution < -0.4 is 5.32 Å². The van der Waals surface area contributed by atoms with Crippen molar-refractivity contribution in [2.75, 3.05) is 0 Å². The van der Waals surface area contributed by atoms with Crippen molar-refractivity contribution >= 4 is 11.8 Å². The molecule has 19 heavy (non-hydrogen) atoms. The van der Waals surface area contributed by atoms with Crippen LogP contribution >= 0.6 is 0 Å². The van der Waals surface area contributed by atoms with Gasteiger partial charge in [0, 0.05) is 5.54 Å². The van der Waals surface area contributed by atoms with E-state index in [2.05, 4.69) is 19.2 Å². The molecule has 0 bridgehead atoms. The van der Waals surface area contributed by atoms with Crippen LogP contribution in [0.25, 0.3) is 0 Å². The zero-order valence-corrected chi connectivity index (χ0v) is 12.7. The highest BCUT2D eigenvalue weighted by Gasteiger charge is 2.55. The molecule has 2 aliphatic rings. The highest BCUT2D eigenvalue weighted by Crippen LogP contribution is 2.45. The maximum Gasteiger partial charge on any atom is 0.249 e. The van der Waals surface area contributed by atoms with Crippen LogP contribution in [-0.4, -0.2) is 33.8 Å². The van der Waals surface area contributed by atoms with E-state index in [1.165, 1.54) is 0 Å². The number of nitrogens with one attached hydrogen (secondary N) is 1. The fourth-order valence-electron chi connectivity index (χ4n) is 3.39. The van der Waals surface area contributed by atoms with Gasteiger partial charge in [0.2, 0.25) is 11.8 Å². The summed E-state index contributed by atoms with van der Waals surface area (Å²) in [6, 6.07) is -0.366. The van der Waals surface area contributed by atoms with Crippen LogP contribution in [0.1, 0.15) is 60.3 Å². The largest absolute Gasteiger partial charge is 0.340 e. The average molecular weight is 266 g/mol. The summed E-state index contributed by atoms with van der Waals surface area (Å²) < 4.78 is 0. The molecule has 2 rings (SSSR count). The Morgan fingerprint density at radius 2 is 1.79 bits per heavy atom. The molecule has 0 aromatic carbocycles. The van der Waals surface area contributed by atoms with Gasteiger partial charge in [-0.15, -0.1) is 0 Å². The number of hydrogen-bond donors (Lipinski definition) is 1. The monoisotopic (exact) mass is 266 g/mol. The topological polar surface area (TPSA) is 49.4 Å². The van der Waals surface area contributed by atoms with Gasteiger partial charge in [0.15, 0.2) is 0 Å². The normalized spacial score (nSPS) is 27.4. The molecule has 1 heterocycles. The van der Waals surface area contributed by atoms with E-state index in [9.17, 15) is 9.59 Å². The molecule has 1 saturated carbocycles. The van der Waals surface area contributed by atoms with E-state index >= 15 is 0 Å². The van der Waals surface area contributed by atoms with E-state index in [1.807, 2.05) is 25.7 Å². The highest BCUT2D eigenvalue weighted by molar-refractivity contribution is 6.00. The predicted octanol–water partition coefficient (Wildman–Crippen LogP) is 2.08. The van der Waals surface area contributed by atoms with Gasteiger partial charge in [-0.1, -0.05) is 13.8 Å². The summed E-state index contributed by atoms with van der Waals surface area (Å²) in [5.41, 5.74) is -0.917. The van der Waals surface area contributed by atoms with Crippen LogP contribution in [0, 0.1) is 5.92 Å². The Bertz CT molecular complexity index is 395. The number of carbonyl (C=O) groups is 2. The number of hydrogen-bond acceptors (Lipinski definition) is 2. The summed E-state index contributed by atoms with van der Waals surface area (Å²) in [7, 11) is 0. The van der Waals surface area contributed by atoms with E-state index in [-0.39, 0.29) is 23.4 Å². The molecule has 1 unspecified atom stereocenters. The summed E-state index contributed by atoms with van der Waals surface area (Å²) in [6.07, 6.45) is 3.63. The standard InChI is InChI=1S/C15H26N2O2/c1-6-15(7-2)13(19)17(10(3)12(18)16-15)14(4,5)11-8-9-11/h10-11H,6-9H2,1-5H3,(H,16,18). The molecular weight excluding hydrogens is 240 g/mol. The molecule has 1 saturated heterocycles. The van der Waals surface area contributed by atoms with Gasteiger partial charge in [-0.2, -0.15) is 0 Å². The van der Waals surface area contributed by atoms with Crippen LogP contribution in [0.3, 0.4) is 0 Å². The second-order valence-corrected chi connectivity index (χ2v) is 6.56. The van der Waals surface area contributed by atoms with Crippen molar-refractivity contribution in [2.24, 2.45) is 5.92 Å². The molecule has 1 N–H and O–H groups in total. The van der Waals surface area contributed by atoms with Crippen LogP contribution in [-0.2, 0) is 9.59 Å². The van der Waals surface area contributed by atoms with Gasteiger partial charge >= 0.3 is 0 Å². The SMILES string of the molecule is CCC1(CC)NC(=O)C(C)N(C(C)(C)C2CC2)C1=O. The maximum absolute atomic E-state index is 13.0. The van der Waals surface area contributed by atoms with Gasteiger partial charge in [0.25, 0.3) is 0 Å². The van der Waals surface area contributed by atoms with Gasteiger partial charge in [-0.05, 0) is 52.4 Å². The third kappa shape index (κ3) is 2.05. The Morgan fingerprint density at radius 3 is 2.21 bits per heavy atom. The zero-order chi connectivity index (χ0) is 14.4. The van der Waals surface area contributed by atoms with E-state index in [1.54, 1.807) is 0 Å². The van der Waals surface area contributed by atoms with Crippen LogP contribution in [0.4, 0.5) is 0 Å². The Kier molecular flexibility index (Phi) is 3.40. The summed E-state index contributed by atoms with van der Waals surface area (Å²) in [6.45, 7) is 9.99. The third-order valence-corrected chi connectivity index (χ3v) is 5.16. The number of amides is 2. The number of piperazine rings is 1. The summed E-state index contributed by atoms with van der Waals surface area (Å²) >= 11 is 0. The predicted molar refractivity (Wildman–Crippen MR) is 74.6 cm³/mol. The van der Waals surface area contributed by atoms with Gasteiger partial charge in [0.1, 0.15) is 11.6 Å². The fourth-order valence-corrected chi connectivity index (χ4v) is 3.39. The van der Waals surface area contributed by atoms with Crippen molar-refractivity contribution in [1.82, 2.24) is 10.2 Å². The smallest absolute Gasteiger partial charge is 0.249 e. The number of rotatable bonds is 4. The van der Waals surface area contributed by atoms with Crippen LogP contribution in [0.2, 0.25) is 0 Å². The van der Waals surface area contributed by atoms with E-state index in [0.717, 1.165) is 12.8 Å². The molecule has 1 aliphatic heterocycles. The van der Waals surface area contributed by atoms with Crippen molar-refractivity contribution in [1.29, 1.82) is 0 Å². The Hall–Kier alpha value is -1.06. The summed E-state index contributed by atoms with van der Waals surface area (Å²) in [5.74, 6) is 0.620. The first-order chi connectivity index (χ1) is 8.80. The molecular formula is C15H26N2O2.